The number of halogens is 1. The maximum absolute atomic E-state index is 6.12. The van der Waals surface area contributed by atoms with Crippen LogP contribution < -0.4 is 4.74 Å². The Bertz CT molecular complexity index is 422. The monoisotopic (exact) mass is 254 g/mol. The zero-order valence-electron chi connectivity index (χ0n) is 10.9. The van der Waals surface area contributed by atoms with Crippen LogP contribution in [0.1, 0.15) is 45.0 Å². The highest BCUT2D eigenvalue weighted by Gasteiger charge is 2.24. The molecule has 3 nitrogen and oxygen atoms in total. The highest BCUT2D eigenvalue weighted by atomic mass is 35.5. The van der Waals surface area contributed by atoms with Gasteiger partial charge in [0.05, 0.1) is 6.61 Å². The normalized spacial score (nSPS) is 16.1. The van der Waals surface area contributed by atoms with Gasteiger partial charge in [-0.05, 0) is 25.7 Å². The molecule has 0 atom stereocenters. The van der Waals surface area contributed by atoms with Gasteiger partial charge >= 0.3 is 0 Å². The quantitative estimate of drug-likeness (QED) is 0.774. The van der Waals surface area contributed by atoms with Crippen LogP contribution in [0.4, 0.5) is 0 Å². The molecule has 0 spiro atoms. The lowest BCUT2D eigenvalue weighted by molar-refractivity contribution is 0.283. The number of ether oxygens (including phenoxy) is 1. The number of nitrogens with zero attached hydrogens (tertiary/aromatic N) is 2. The lowest BCUT2D eigenvalue weighted by Gasteiger charge is -2.18. The average molecular weight is 255 g/mol. The molecule has 1 aromatic rings. The first kappa shape index (κ1) is 12.6. The van der Waals surface area contributed by atoms with Gasteiger partial charge in [0.1, 0.15) is 11.0 Å². The van der Waals surface area contributed by atoms with Crippen LogP contribution in [0, 0.1) is 12.8 Å². The molecule has 0 aromatic carbocycles. The van der Waals surface area contributed by atoms with Gasteiger partial charge in [0.2, 0.25) is 5.88 Å². The fourth-order valence-corrected chi connectivity index (χ4v) is 1.59. The molecule has 2 rings (SSSR count). The Balaban J connectivity index is 2.25. The third kappa shape index (κ3) is 3.09. The summed E-state index contributed by atoms with van der Waals surface area (Å²) >= 11 is 6.12. The molecule has 94 valence electrons. The van der Waals surface area contributed by atoms with E-state index in [1.807, 2.05) is 6.92 Å². The molecule has 0 bridgehead atoms. The molecule has 1 aliphatic carbocycles. The van der Waals surface area contributed by atoms with Crippen molar-refractivity contribution in [1.29, 1.82) is 0 Å². The molecule has 1 aliphatic rings. The molecule has 1 fully saturated rings. The van der Waals surface area contributed by atoms with E-state index >= 15 is 0 Å². The Kier molecular flexibility index (Phi) is 3.30. The molecule has 0 aliphatic heterocycles. The largest absolute Gasteiger partial charge is 0.477 e. The first-order chi connectivity index (χ1) is 7.88. The highest BCUT2D eigenvalue weighted by molar-refractivity contribution is 6.30. The summed E-state index contributed by atoms with van der Waals surface area (Å²) in [6, 6.07) is 0. The minimum Gasteiger partial charge on any atom is -0.477 e. The summed E-state index contributed by atoms with van der Waals surface area (Å²) in [5.41, 5.74) is 0.718. The molecular formula is C13H19ClN2O. The van der Waals surface area contributed by atoms with E-state index in [9.17, 15) is 0 Å². The van der Waals surface area contributed by atoms with E-state index < -0.39 is 0 Å². The van der Waals surface area contributed by atoms with Crippen LogP contribution in [0.2, 0.25) is 5.15 Å². The fourth-order valence-electron chi connectivity index (χ4n) is 1.43. The van der Waals surface area contributed by atoms with E-state index in [1.54, 1.807) is 0 Å². The van der Waals surface area contributed by atoms with Crippen LogP contribution in [-0.2, 0) is 5.41 Å². The van der Waals surface area contributed by atoms with Crippen LogP contribution in [-0.4, -0.2) is 16.6 Å². The zero-order valence-corrected chi connectivity index (χ0v) is 11.6. The first-order valence-corrected chi connectivity index (χ1v) is 6.43. The Hall–Kier alpha value is -0.830. The Morgan fingerprint density at radius 3 is 2.47 bits per heavy atom. The molecule has 0 saturated heterocycles. The molecule has 0 unspecified atom stereocenters. The molecule has 4 heteroatoms. The van der Waals surface area contributed by atoms with Crippen molar-refractivity contribution in [3.63, 3.8) is 0 Å². The first-order valence-electron chi connectivity index (χ1n) is 6.05. The minimum atomic E-state index is -0.116. The van der Waals surface area contributed by atoms with E-state index in [1.165, 1.54) is 12.8 Å². The summed E-state index contributed by atoms with van der Waals surface area (Å²) in [7, 11) is 0. The van der Waals surface area contributed by atoms with Crippen molar-refractivity contribution in [3.8, 4) is 5.88 Å². The number of hydrogen-bond donors (Lipinski definition) is 0. The number of rotatable bonds is 3. The maximum Gasteiger partial charge on any atom is 0.221 e. The Morgan fingerprint density at radius 2 is 1.94 bits per heavy atom. The molecular weight excluding hydrogens is 236 g/mol. The van der Waals surface area contributed by atoms with Gasteiger partial charge in [-0.3, -0.25) is 0 Å². The Labute approximate surface area is 108 Å². The second kappa shape index (κ2) is 4.45. The standard InChI is InChI=1S/C13H19ClN2O/c1-8-10(14)15-12(13(2,3)4)16-11(8)17-7-9-5-6-9/h9H,5-7H2,1-4H3. The van der Waals surface area contributed by atoms with Crippen molar-refractivity contribution in [2.75, 3.05) is 6.61 Å². The molecule has 0 amide bonds. The summed E-state index contributed by atoms with van der Waals surface area (Å²) in [6.45, 7) is 8.85. The lowest BCUT2D eigenvalue weighted by atomic mass is 9.96. The van der Waals surface area contributed by atoms with Gasteiger partial charge in [-0.2, -0.15) is 4.98 Å². The van der Waals surface area contributed by atoms with Crippen LogP contribution >= 0.6 is 11.6 Å². The van der Waals surface area contributed by atoms with E-state index in [0.29, 0.717) is 17.0 Å². The molecule has 0 radical (unpaired) electrons. The summed E-state index contributed by atoms with van der Waals surface area (Å²) < 4.78 is 5.74. The van der Waals surface area contributed by atoms with Gasteiger partial charge in [-0.1, -0.05) is 32.4 Å². The van der Waals surface area contributed by atoms with E-state index in [4.69, 9.17) is 16.3 Å². The maximum atomic E-state index is 6.12. The second-order valence-electron chi connectivity index (χ2n) is 5.77. The zero-order chi connectivity index (χ0) is 12.6. The highest BCUT2D eigenvalue weighted by Crippen LogP contribution is 2.31. The van der Waals surface area contributed by atoms with Crippen molar-refractivity contribution in [2.45, 2.75) is 46.0 Å². The Morgan fingerprint density at radius 1 is 1.29 bits per heavy atom. The number of hydrogen-bond acceptors (Lipinski definition) is 3. The van der Waals surface area contributed by atoms with Crippen LogP contribution in [0.25, 0.3) is 0 Å². The molecule has 17 heavy (non-hydrogen) atoms. The van der Waals surface area contributed by atoms with Gasteiger partial charge in [0.15, 0.2) is 0 Å². The minimum absolute atomic E-state index is 0.116. The molecule has 1 aromatic heterocycles. The predicted molar refractivity (Wildman–Crippen MR) is 68.7 cm³/mol. The molecule has 0 N–H and O–H groups in total. The van der Waals surface area contributed by atoms with Crippen molar-refractivity contribution in [3.05, 3.63) is 16.5 Å². The van der Waals surface area contributed by atoms with Crippen LogP contribution in [0.5, 0.6) is 5.88 Å². The number of aromatic nitrogens is 2. The summed E-state index contributed by atoms with van der Waals surface area (Å²) in [6.07, 6.45) is 2.54. The molecule has 1 heterocycles. The summed E-state index contributed by atoms with van der Waals surface area (Å²) in [5, 5.41) is 0.496. The van der Waals surface area contributed by atoms with Gasteiger partial charge in [-0.25, -0.2) is 4.98 Å². The van der Waals surface area contributed by atoms with Crippen molar-refractivity contribution >= 4 is 11.6 Å². The van der Waals surface area contributed by atoms with Crippen LogP contribution in [0.3, 0.4) is 0 Å². The second-order valence-corrected chi connectivity index (χ2v) is 6.13. The smallest absolute Gasteiger partial charge is 0.221 e. The predicted octanol–water partition coefficient (Wildman–Crippen LogP) is 3.52. The summed E-state index contributed by atoms with van der Waals surface area (Å²) in [5.74, 6) is 2.09. The van der Waals surface area contributed by atoms with Gasteiger partial charge < -0.3 is 4.74 Å². The van der Waals surface area contributed by atoms with Crippen LogP contribution in [0.15, 0.2) is 0 Å². The molecule has 1 saturated carbocycles. The van der Waals surface area contributed by atoms with Crippen molar-refractivity contribution in [1.82, 2.24) is 9.97 Å². The van der Waals surface area contributed by atoms with E-state index in [2.05, 4.69) is 30.7 Å². The average Bonchev–Trinajstić information content (AvgIpc) is 3.02. The van der Waals surface area contributed by atoms with E-state index in [0.717, 1.165) is 18.0 Å². The third-order valence-electron chi connectivity index (χ3n) is 2.87. The van der Waals surface area contributed by atoms with E-state index in [-0.39, 0.29) is 5.41 Å². The van der Waals surface area contributed by atoms with Gasteiger partial charge in [0.25, 0.3) is 0 Å². The van der Waals surface area contributed by atoms with Crippen molar-refractivity contribution < 1.29 is 4.74 Å². The summed E-state index contributed by atoms with van der Waals surface area (Å²) in [4.78, 5) is 8.81. The SMILES string of the molecule is Cc1c(Cl)nc(C(C)(C)C)nc1OCC1CC1. The lowest BCUT2D eigenvalue weighted by Crippen LogP contribution is -2.17. The van der Waals surface area contributed by atoms with Gasteiger partial charge in [0, 0.05) is 11.0 Å². The van der Waals surface area contributed by atoms with Gasteiger partial charge in [-0.15, -0.1) is 0 Å². The van der Waals surface area contributed by atoms with Crippen molar-refractivity contribution in [2.24, 2.45) is 5.92 Å². The third-order valence-corrected chi connectivity index (χ3v) is 3.23. The fraction of sp³-hybridized carbons (Fsp3) is 0.692. The topological polar surface area (TPSA) is 35.0 Å².